The monoisotopic (exact) mass is 568 g/mol. The van der Waals surface area contributed by atoms with Crippen molar-refractivity contribution in [2.75, 3.05) is 11.9 Å². The molecule has 1 aliphatic rings. The summed E-state index contributed by atoms with van der Waals surface area (Å²) in [7, 11) is 0. The molecule has 3 aromatic heterocycles. The van der Waals surface area contributed by atoms with Gasteiger partial charge in [0, 0.05) is 66.0 Å². The number of alkyl halides is 3. The van der Waals surface area contributed by atoms with Crippen LogP contribution in [0.3, 0.4) is 0 Å². The lowest BCUT2D eigenvalue weighted by Gasteiger charge is -2.28. The van der Waals surface area contributed by atoms with Gasteiger partial charge in [-0.05, 0) is 37.1 Å². The zero-order valence-electron chi connectivity index (χ0n) is 21.7. The van der Waals surface area contributed by atoms with Gasteiger partial charge in [0.05, 0.1) is 5.56 Å². The van der Waals surface area contributed by atoms with Crippen LogP contribution in [0.5, 0.6) is 0 Å². The first-order valence-electron chi connectivity index (χ1n) is 12.9. The molecule has 7 nitrogen and oxygen atoms in total. The molecule has 2 N–H and O–H groups in total. The number of nitrogens with zero attached hydrogens (tertiary/aromatic N) is 4. The summed E-state index contributed by atoms with van der Waals surface area (Å²) in [6, 6.07) is 10.9. The minimum atomic E-state index is -4.65. The van der Waals surface area contributed by atoms with Gasteiger partial charge in [-0.1, -0.05) is 25.0 Å². The van der Waals surface area contributed by atoms with Crippen LogP contribution in [-0.4, -0.2) is 32.4 Å². The number of rotatable bonds is 8. The Balaban J connectivity index is 1.45. The van der Waals surface area contributed by atoms with Crippen molar-refractivity contribution in [2.24, 2.45) is 0 Å². The van der Waals surface area contributed by atoms with Gasteiger partial charge in [-0.2, -0.15) is 13.2 Å². The Kier molecular flexibility index (Phi) is 7.91. The fourth-order valence-corrected chi connectivity index (χ4v) is 4.94. The van der Waals surface area contributed by atoms with Crippen molar-refractivity contribution in [1.82, 2.24) is 25.3 Å². The average Bonchev–Trinajstić information content (AvgIpc) is 3.46. The van der Waals surface area contributed by atoms with Crippen molar-refractivity contribution in [3.05, 3.63) is 101 Å². The Morgan fingerprint density at radius 2 is 1.78 bits per heavy atom. The summed E-state index contributed by atoms with van der Waals surface area (Å²) >= 11 is 0. The summed E-state index contributed by atoms with van der Waals surface area (Å²) in [6.07, 6.45) is 2.54. The molecule has 41 heavy (non-hydrogen) atoms. The van der Waals surface area contributed by atoms with Crippen LogP contribution in [0.2, 0.25) is 0 Å². The SMILES string of the molecule is O=C(NCC1(c2ccccn2)CCCC1)c1cc(NCc2ccc(F)cc2F)nc(-c2cncc(C(F)(F)F)c2)n1. The fourth-order valence-electron chi connectivity index (χ4n) is 4.94. The van der Waals surface area contributed by atoms with Crippen molar-refractivity contribution in [1.29, 1.82) is 0 Å². The fraction of sp³-hybridized carbons (Fsp3) is 0.276. The molecule has 1 fully saturated rings. The second kappa shape index (κ2) is 11.6. The summed E-state index contributed by atoms with van der Waals surface area (Å²) in [4.78, 5) is 30.0. The molecule has 0 radical (unpaired) electrons. The molecule has 3 heterocycles. The number of amides is 1. The lowest BCUT2D eigenvalue weighted by molar-refractivity contribution is -0.137. The molecule has 0 aliphatic heterocycles. The molecule has 1 amide bonds. The van der Waals surface area contributed by atoms with Gasteiger partial charge in [-0.25, -0.2) is 18.7 Å². The number of nitrogens with one attached hydrogen (secondary N) is 2. The number of carbonyl (C=O) groups is 1. The first kappa shape index (κ1) is 28.1. The van der Waals surface area contributed by atoms with E-state index in [4.69, 9.17) is 0 Å². The van der Waals surface area contributed by atoms with Crippen LogP contribution < -0.4 is 10.6 Å². The Morgan fingerprint density at radius 3 is 2.49 bits per heavy atom. The molecule has 1 aromatic carbocycles. The second-order valence-corrected chi connectivity index (χ2v) is 9.90. The van der Waals surface area contributed by atoms with Crippen molar-refractivity contribution >= 4 is 11.7 Å². The summed E-state index contributed by atoms with van der Waals surface area (Å²) in [5, 5.41) is 5.77. The van der Waals surface area contributed by atoms with Crippen LogP contribution in [-0.2, 0) is 18.1 Å². The van der Waals surface area contributed by atoms with E-state index >= 15 is 0 Å². The molecule has 0 bridgehead atoms. The lowest BCUT2D eigenvalue weighted by atomic mass is 9.82. The zero-order valence-corrected chi connectivity index (χ0v) is 21.7. The van der Waals surface area contributed by atoms with Gasteiger partial charge in [0.25, 0.3) is 5.91 Å². The normalized spacial score (nSPS) is 14.6. The van der Waals surface area contributed by atoms with Gasteiger partial charge in [0.15, 0.2) is 5.82 Å². The van der Waals surface area contributed by atoms with E-state index in [1.54, 1.807) is 6.20 Å². The van der Waals surface area contributed by atoms with E-state index in [9.17, 15) is 26.7 Å². The van der Waals surface area contributed by atoms with Crippen LogP contribution in [0.1, 0.15) is 53.0 Å². The number of anilines is 1. The van der Waals surface area contributed by atoms with E-state index in [1.807, 2.05) is 18.2 Å². The molecule has 0 unspecified atom stereocenters. The topological polar surface area (TPSA) is 92.7 Å². The standard InChI is InChI=1S/C29H25F5N6O/c30-21-7-6-18(22(31)12-21)15-37-25-13-23(39-26(40-25)19-11-20(16-35-14-19)29(32,33)34)27(41)38-17-28(8-2-3-9-28)24-5-1-4-10-36-24/h1,4-7,10-14,16H,2-3,8-9,15,17H2,(H,38,41)(H,37,39,40). The third-order valence-electron chi connectivity index (χ3n) is 7.11. The quantitative estimate of drug-likeness (QED) is 0.250. The van der Waals surface area contributed by atoms with Gasteiger partial charge in [-0.3, -0.25) is 14.8 Å². The van der Waals surface area contributed by atoms with Crippen molar-refractivity contribution in [3.63, 3.8) is 0 Å². The molecule has 0 atom stereocenters. The second-order valence-electron chi connectivity index (χ2n) is 9.90. The first-order chi connectivity index (χ1) is 19.6. The van der Waals surface area contributed by atoms with Crippen LogP contribution in [0.15, 0.2) is 67.1 Å². The van der Waals surface area contributed by atoms with E-state index < -0.39 is 29.3 Å². The molecule has 12 heteroatoms. The van der Waals surface area contributed by atoms with Crippen LogP contribution in [0.25, 0.3) is 11.4 Å². The largest absolute Gasteiger partial charge is 0.417 e. The third-order valence-corrected chi connectivity index (χ3v) is 7.11. The molecule has 5 rings (SSSR count). The van der Waals surface area contributed by atoms with Crippen molar-refractivity contribution < 1.29 is 26.7 Å². The van der Waals surface area contributed by atoms with Gasteiger partial charge < -0.3 is 10.6 Å². The molecule has 212 valence electrons. The third kappa shape index (κ3) is 6.47. The first-order valence-corrected chi connectivity index (χ1v) is 12.9. The van der Waals surface area contributed by atoms with Gasteiger partial charge in [0.2, 0.25) is 0 Å². The van der Waals surface area contributed by atoms with Crippen LogP contribution in [0, 0.1) is 11.6 Å². The van der Waals surface area contributed by atoms with E-state index in [0.29, 0.717) is 6.20 Å². The molecule has 4 aromatic rings. The molecular weight excluding hydrogens is 543 g/mol. The predicted molar refractivity (Wildman–Crippen MR) is 141 cm³/mol. The maximum atomic E-state index is 14.2. The summed E-state index contributed by atoms with van der Waals surface area (Å²) in [6.45, 7) is 0.157. The number of aromatic nitrogens is 4. The summed E-state index contributed by atoms with van der Waals surface area (Å²) in [5.41, 5.74) is -0.527. The highest BCUT2D eigenvalue weighted by Crippen LogP contribution is 2.39. The summed E-state index contributed by atoms with van der Waals surface area (Å²) < 4.78 is 67.5. The van der Waals surface area contributed by atoms with E-state index in [2.05, 4.69) is 30.6 Å². The van der Waals surface area contributed by atoms with Crippen LogP contribution in [0.4, 0.5) is 27.8 Å². The maximum Gasteiger partial charge on any atom is 0.417 e. The minimum Gasteiger partial charge on any atom is -0.366 e. The average molecular weight is 569 g/mol. The van der Waals surface area contributed by atoms with E-state index in [1.165, 1.54) is 12.1 Å². The van der Waals surface area contributed by atoms with Crippen LogP contribution >= 0.6 is 0 Å². The number of pyridine rings is 2. The number of hydrogen-bond donors (Lipinski definition) is 2. The molecule has 0 spiro atoms. The lowest BCUT2D eigenvalue weighted by Crippen LogP contribution is -2.39. The number of carbonyl (C=O) groups excluding carboxylic acids is 1. The molecular formula is C29H25F5N6O. The van der Waals surface area contributed by atoms with E-state index in [-0.39, 0.29) is 47.0 Å². The Labute approximate surface area is 232 Å². The van der Waals surface area contributed by atoms with Gasteiger partial charge >= 0.3 is 6.18 Å². The van der Waals surface area contributed by atoms with Crippen molar-refractivity contribution in [3.8, 4) is 11.4 Å². The molecule has 1 saturated carbocycles. The maximum absolute atomic E-state index is 14.2. The Hall–Kier alpha value is -4.48. The number of benzene rings is 1. The highest BCUT2D eigenvalue weighted by Gasteiger charge is 2.37. The van der Waals surface area contributed by atoms with Gasteiger partial charge in [0.1, 0.15) is 23.1 Å². The minimum absolute atomic E-state index is 0.0570. The highest BCUT2D eigenvalue weighted by molar-refractivity contribution is 5.93. The van der Waals surface area contributed by atoms with Crippen molar-refractivity contribution in [2.45, 2.75) is 43.8 Å². The molecule has 1 aliphatic carbocycles. The Morgan fingerprint density at radius 1 is 0.976 bits per heavy atom. The predicted octanol–water partition coefficient (Wildman–Crippen LogP) is 6.08. The number of halogens is 5. The Bertz CT molecular complexity index is 1540. The van der Waals surface area contributed by atoms with Gasteiger partial charge in [-0.15, -0.1) is 0 Å². The smallest absolute Gasteiger partial charge is 0.366 e. The molecule has 0 saturated heterocycles. The number of hydrogen-bond acceptors (Lipinski definition) is 6. The highest BCUT2D eigenvalue weighted by atomic mass is 19.4. The van der Waals surface area contributed by atoms with E-state index in [0.717, 1.165) is 55.8 Å². The zero-order chi connectivity index (χ0) is 29.0. The summed E-state index contributed by atoms with van der Waals surface area (Å²) in [5.74, 6) is -2.22.